The molecular formula is C22H27F3N2O2. The lowest BCUT2D eigenvalue weighted by Crippen LogP contribution is -2.29. The number of hydrogen-bond acceptors (Lipinski definition) is 4. The molecule has 158 valence electrons. The van der Waals surface area contributed by atoms with Crippen molar-refractivity contribution < 1.29 is 23.4 Å². The van der Waals surface area contributed by atoms with E-state index in [-0.39, 0.29) is 17.0 Å². The number of hydrogen-bond donors (Lipinski definition) is 2. The van der Waals surface area contributed by atoms with Gasteiger partial charge < -0.3 is 10.2 Å². The summed E-state index contributed by atoms with van der Waals surface area (Å²) in [6.07, 6.45) is -4.39. The molecule has 2 heterocycles. The summed E-state index contributed by atoms with van der Waals surface area (Å²) >= 11 is 0. The summed E-state index contributed by atoms with van der Waals surface area (Å²) in [5.74, 6) is -0.0136. The Morgan fingerprint density at radius 2 is 1.86 bits per heavy atom. The van der Waals surface area contributed by atoms with E-state index in [0.29, 0.717) is 17.7 Å². The highest BCUT2D eigenvalue weighted by molar-refractivity contribution is 5.47. The van der Waals surface area contributed by atoms with E-state index in [0.717, 1.165) is 35.5 Å². The zero-order chi connectivity index (χ0) is 21.7. The lowest BCUT2D eigenvalue weighted by molar-refractivity contribution is -0.137. The van der Waals surface area contributed by atoms with Gasteiger partial charge >= 0.3 is 6.18 Å². The fourth-order valence-corrected chi connectivity index (χ4v) is 4.22. The van der Waals surface area contributed by atoms with Gasteiger partial charge in [0.25, 0.3) is 0 Å². The number of fused-ring (bicyclic) bond motifs is 1. The molecule has 4 nitrogen and oxygen atoms in total. The van der Waals surface area contributed by atoms with E-state index in [1.165, 1.54) is 6.07 Å². The summed E-state index contributed by atoms with van der Waals surface area (Å²) in [4.78, 5) is 8.65. The number of rotatable bonds is 3. The molecule has 7 heteroatoms. The summed E-state index contributed by atoms with van der Waals surface area (Å²) in [6, 6.07) is 2.11. The summed E-state index contributed by atoms with van der Waals surface area (Å²) in [6.45, 7) is 9.90. The second-order valence-electron chi connectivity index (χ2n) is 8.98. The summed E-state index contributed by atoms with van der Waals surface area (Å²) in [5, 5.41) is 21.8. The van der Waals surface area contributed by atoms with E-state index in [1.54, 1.807) is 0 Å². The van der Waals surface area contributed by atoms with Gasteiger partial charge in [-0.25, -0.2) is 0 Å². The maximum absolute atomic E-state index is 12.8. The van der Waals surface area contributed by atoms with Crippen LogP contribution in [0.5, 0.6) is 0 Å². The quantitative estimate of drug-likeness (QED) is 0.749. The van der Waals surface area contributed by atoms with Gasteiger partial charge in [0, 0.05) is 28.7 Å². The van der Waals surface area contributed by atoms with Gasteiger partial charge in [-0.3, -0.25) is 9.97 Å². The number of halogens is 3. The van der Waals surface area contributed by atoms with E-state index in [1.807, 2.05) is 20.8 Å². The normalized spacial score (nSPS) is 19.9. The van der Waals surface area contributed by atoms with Gasteiger partial charge in [0.1, 0.15) is 6.10 Å². The number of aliphatic hydroxyl groups excluding tert-OH is 2. The Hall–Kier alpha value is -1.99. The van der Waals surface area contributed by atoms with Crippen molar-refractivity contribution in [1.82, 2.24) is 9.97 Å². The molecular weight excluding hydrogens is 381 g/mol. The summed E-state index contributed by atoms with van der Waals surface area (Å²) in [5.41, 5.74) is 2.64. The van der Waals surface area contributed by atoms with Crippen molar-refractivity contribution in [2.24, 2.45) is 5.41 Å². The van der Waals surface area contributed by atoms with Crippen LogP contribution in [0.3, 0.4) is 0 Å². The van der Waals surface area contributed by atoms with Crippen LogP contribution in [-0.4, -0.2) is 20.2 Å². The van der Waals surface area contributed by atoms with Crippen LogP contribution in [-0.2, 0) is 12.6 Å². The number of nitrogens with zero attached hydrogens (tertiary/aromatic N) is 2. The highest BCUT2D eigenvalue weighted by atomic mass is 19.4. The summed E-state index contributed by atoms with van der Waals surface area (Å²) in [7, 11) is 0. The molecule has 2 atom stereocenters. The first-order valence-corrected chi connectivity index (χ1v) is 9.74. The third-order valence-corrected chi connectivity index (χ3v) is 5.59. The SMILES string of the molecule is Cc1c2c(nc(C(C)C)c1C(O)c1ccc(C(F)(F)F)cn1)CC(C)(C)CC2O. The number of aliphatic hydroxyl groups is 2. The van der Waals surface area contributed by atoms with Gasteiger partial charge in [-0.15, -0.1) is 0 Å². The Balaban J connectivity index is 2.12. The molecule has 1 aliphatic rings. The molecule has 3 rings (SSSR count). The predicted molar refractivity (Wildman–Crippen MR) is 103 cm³/mol. The monoisotopic (exact) mass is 408 g/mol. The van der Waals surface area contributed by atoms with Crippen LogP contribution in [0.4, 0.5) is 13.2 Å². The largest absolute Gasteiger partial charge is 0.417 e. The van der Waals surface area contributed by atoms with Crippen molar-refractivity contribution in [3.63, 3.8) is 0 Å². The van der Waals surface area contributed by atoms with Crippen molar-refractivity contribution in [1.29, 1.82) is 0 Å². The van der Waals surface area contributed by atoms with Crippen molar-refractivity contribution in [2.45, 2.75) is 71.8 Å². The van der Waals surface area contributed by atoms with Crippen molar-refractivity contribution in [3.05, 3.63) is 57.7 Å². The Kier molecular flexibility index (Phi) is 5.51. The second-order valence-corrected chi connectivity index (χ2v) is 8.98. The minimum absolute atomic E-state index is 0.0136. The van der Waals surface area contributed by atoms with Crippen LogP contribution >= 0.6 is 0 Å². The van der Waals surface area contributed by atoms with Crippen LogP contribution in [0.15, 0.2) is 18.3 Å². The van der Waals surface area contributed by atoms with Gasteiger partial charge in [0.05, 0.1) is 17.4 Å². The zero-order valence-electron chi connectivity index (χ0n) is 17.3. The molecule has 2 aromatic rings. The standard InChI is InChI=1S/C22H27F3N2O2/c1-11(2)19-18(20(29)14-7-6-13(10-26-14)22(23,24)25)12(3)17-15(27-19)8-21(4,5)9-16(17)28/h6-7,10-11,16,20,28-29H,8-9H2,1-5H3. The average Bonchev–Trinajstić information content (AvgIpc) is 2.58. The molecule has 0 saturated heterocycles. The van der Waals surface area contributed by atoms with Crippen LogP contribution in [0.2, 0.25) is 0 Å². The van der Waals surface area contributed by atoms with Gasteiger partial charge in [-0.1, -0.05) is 27.7 Å². The first-order chi connectivity index (χ1) is 13.3. The van der Waals surface area contributed by atoms with E-state index >= 15 is 0 Å². The van der Waals surface area contributed by atoms with E-state index in [4.69, 9.17) is 4.98 Å². The molecule has 2 aromatic heterocycles. The molecule has 0 aromatic carbocycles. The lowest BCUT2D eigenvalue weighted by Gasteiger charge is -2.36. The Morgan fingerprint density at radius 3 is 2.38 bits per heavy atom. The predicted octanol–water partition coefficient (Wildman–Crippen LogP) is 5.01. The van der Waals surface area contributed by atoms with Crippen LogP contribution in [0.25, 0.3) is 0 Å². The van der Waals surface area contributed by atoms with Gasteiger partial charge in [0.15, 0.2) is 0 Å². The molecule has 0 bridgehead atoms. The third kappa shape index (κ3) is 4.16. The summed E-state index contributed by atoms with van der Waals surface area (Å²) < 4.78 is 38.5. The smallest absolute Gasteiger partial charge is 0.388 e. The highest BCUT2D eigenvalue weighted by Crippen LogP contribution is 2.44. The minimum Gasteiger partial charge on any atom is -0.388 e. The number of aromatic nitrogens is 2. The molecule has 2 N–H and O–H groups in total. The molecule has 0 spiro atoms. The Bertz CT molecular complexity index is 906. The van der Waals surface area contributed by atoms with E-state index in [2.05, 4.69) is 18.8 Å². The molecule has 0 amide bonds. The van der Waals surface area contributed by atoms with E-state index < -0.39 is 23.9 Å². The van der Waals surface area contributed by atoms with E-state index in [9.17, 15) is 23.4 Å². The molecule has 0 saturated carbocycles. The van der Waals surface area contributed by atoms with Crippen molar-refractivity contribution >= 4 is 0 Å². The highest BCUT2D eigenvalue weighted by Gasteiger charge is 2.36. The van der Waals surface area contributed by atoms with Gasteiger partial charge in [0.2, 0.25) is 0 Å². The maximum atomic E-state index is 12.8. The molecule has 29 heavy (non-hydrogen) atoms. The Labute approximate surface area is 168 Å². The molecule has 0 radical (unpaired) electrons. The number of alkyl halides is 3. The van der Waals surface area contributed by atoms with Gasteiger partial charge in [-0.2, -0.15) is 13.2 Å². The number of pyridine rings is 2. The van der Waals surface area contributed by atoms with Crippen molar-refractivity contribution in [2.75, 3.05) is 0 Å². The molecule has 0 fully saturated rings. The van der Waals surface area contributed by atoms with Crippen LogP contribution in [0.1, 0.15) is 91.6 Å². The zero-order valence-corrected chi connectivity index (χ0v) is 17.3. The van der Waals surface area contributed by atoms with Gasteiger partial charge in [-0.05, 0) is 48.8 Å². The third-order valence-electron chi connectivity index (χ3n) is 5.59. The van der Waals surface area contributed by atoms with Crippen LogP contribution < -0.4 is 0 Å². The molecule has 0 aliphatic heterocycles. The fraction of sp³-hybridized carbons (Fsp3) is 0.545. The van der Waals surface area contributed by atoms with Crippen molar-refractivity contribution in [3.8, 4) is 0 Å². The van der Waals surface area contributed by atoms with Crippen LogP contribution in [0, 0.1) is 12.3 Å². The first-order valence-electron chi connectivity index (χ1n) is 9.74. The average molecular weight is 408 g/mol. The lowest BCUT2D eigenvalue weighted by atomic mass is 9.72. The first kappa shape index (κ1) is 21.7. The molecule has 1 aliphatic carbocycles. The fourth-order valence-electron chi connectivity index (χ4n) is 4.22. The second kappa shape index (κ2) is 7.36. The minimum atomic E-state index is -4.49. The molecule has 2 unspecified atom stereocenters. The Morgan fingerprint density at radius 1 is 1.21 bits per heavy atom. The maximum Gasteiger partial charge on any atom is 0.417 e. The topological polar surface area (TPSA) is 66.2 Å².